The molecule has 0 saturated heterocycles. The van der Waals surface area contributed by atoms with Crippen LogP contribution < -0.4 is 0 Å². The third kappa shape index (κ3) is 19.9. The van der Waals surface area contributed by atoms with Gasteiger partial charge in [-0.25, -0.2) is 4.79 Å². The minimum atomic E-state index is -0.426. The van der Waals surface area contributed by atoms with E-state index in [-0.39, 0.29) is 35.1 Å². The molecule has 0 N–H and O–H groups in total. The van der Waals surface area contributed by atoms with E-state index in [0.717, 1.165) is 68.0 Å². The molecule has 0 bridgehead atoms. The van der Waals surface area contributed by atoms with E-state index in [1.165, 1.54) is 6.08 Å². The van der Waals surface area contributed by atoms with E-state index in [2.05, 4.69) is 48.1 Å². The van der Waals surface area contributed by atoms with Gasteiger partial charge in [0.15, 0.2) is 0 Å². The summed E-state index contributed by atoms with van der Waals surface area (Å²) < 4.78 is 23.3. The van der Waals surface area contributed by atoms with Gasteiger partial charge in [-0.05, 0) is 54.9 Å². The first-order chi connectivity index (χ1) is 20.2. The van der Waals surface area contributed by atoms with Crippen molar-refractivity contribution in [1.29, 1.82) is 0 Å². The van der Waals surface area contributed by atoms with Gasteiger partial charge in [-0.2, -0.15) is 23.5 Å². The van der Waals surface area contributed by atoms with Crippen LogP contribution in [0.4, 0.5) is 0 Å². The molecule has 0 heterocycles. The molecule has 0 aromatic carbocycles. The quantitative estimate of drug-likeness (QED) is 0.0372. The zero-order valence-electron chi connectivity index (χ0n) is 27.4. The molecule has 0 fully saturated rings. The van der Waals surface area contributed by atoms with Crippen LogP contribution in [0.5, 0.6) is 0 Å². The molecule has 7 nitrogen and oxygen atoms in total. The van der Waals surface area contributed by atoms with Crippen LogP contribution in [0.2, 0.25) is 0 Å². The van der Waals surface area contributed by atoms with Gasteiger partial charge in [0.25, 0.3) is 0 Å². The minimum absolute atomic E-state index is 0.0636. The zero-order chi connectivity index (χ0) is 31.6. The molecule has 0 aliphatic heterocycles. The molecule has 0 aromatic heterocycles. The Morgan fingerprint density at radius 3 is 1.95 bits per heavy atom. The Labute approximate surface area is 265 Å². The van der Waals surface area contributed by atoms with Crippen molar-refractivity contribution < 1.29 is 33.3 Å². The van der Waals surface area contributed by atoms with E-state index >= 15 is 0 Å². The molecule has 9 heteroatoms. The topological polar surface area (TPSA) is 88.1 Å². The van der Waals surface area contributed by atoms with Gasteiger partial charge in [-0.15, -0.1) is 0 Å². The number of carbonyl (C=O) groups is 3. The number of carbonyl (C=O) groups excluding carboxylic acids is 3. The summed E-state index contributed by atoms with van der Waals surface area (Å²) in [5.41, 5.74) is -0.168. The number of unbranched alkanes of at least 4 members (excludes halogenated alkanes) is 1. The van der Waals surface area contributed by atoms with E-state index in [1.807, 2.05) is 0 Å². The van der Waals surface area contributed by atoms with Crippen molar-refractivity contribution in [2.45, 2.75) is 99.3 Å². The number of rotatable bonds is 28. The Kier molecular flexibility index (Phi) is 25.5. The fraction of sp³-hybridized carbons (Fsp3) is 0.848. The Hall–Kier alpha value is -1.19. The van der Waals surface area contributed by atoms with Crippen molar-refractivity contribution >= 4 is 41.4 Å². The van der Waals surface area contributed by atoms with Crippen molar-refractivity contribution in [3.63, 3.8) is 0 Å². The molecule has 0 radical (unpaired) electrons. The second-order valence-electron chi connectivity index (χ2n) is 11.2. The maximum absolute atomic E-state index is 12.4. The summed E-state index contributed by atoms with van der Waals surface area (Å²) in [5.74, 6) is 3.03. The van der Waals surface area contributed by atoms with Crippen LogP contribution >= 0.6 is 23.5 Å². The lowest BCUT2D eigenvalue weighted by atomic mass is 9.78. The molecular weight excluding hydrogens is 572 g/mol. The highest BCUT2D eigenvalue weighted by Crippen LogP contribution is 2.32. The van der Waals surface area contributed by atoms with Crippen LogP contribution in [0, 0.1) is 23.2 Å². The average Bonchev–Trinajstić information content (AvgIpc) is 2.99. The first kappa shape index (κ1) is 40.8. The number of hydrogen-bond acceptors (Lipinski definition) is 9. The second kappa shape index (κ2) is 26.2. The van der Waals surface area contributed by atoms with Crippen molar-refractivity contribution in [2.75, 3.05) is 56.0 Å². The molecule has 0 aliphatic rings. The first-order valence-corrected chi connectivity index (χ1v) is 18.3. The van der Waals surface area contributed by atoms with E-state index < -0.39 is 5.97 Å². The van der Waals surface area contributed by atoms with Gasteiger partial charge in [0, 0.05) is 29.6 Å². The first-order valence-electron chi connectivity index (χ1n) is 16.0. The predicted molar refractivity (Wildman–Crippen MR) is 177 cm³/mol. The van der Waals surface area contributed by atoms with E-state index in [4.69, 9.17) is 18.9 Å². The van der Waals surface area contributed by atoms with Gasteiger partial charge in [-0.3, -0.25) is 9.59 Å². The van der Waals surface area contributed by atoms with E-state index in [1.54, 1.807) is 23.5 Å². The number of ether oxygens (including phenoxy) is 4. The van der Waals surface area contributed by atoms with Crippen LogP contribution in [0.3, 0.4) is 0 Å². The normalized spacial score (nSPS) is 14.8. The summed E-state index contributed by atoms with van der Waals surface area (Å²) in [5, 5.41) is 0. The Morgan fingerprint density at radius 2 is 1.40 bits per heavy atom. The maximum atomic E-state index is 12.4. The lowest BCUT2D eigenvalue weighted by Crippen LogP contribution is -2.35. The molecule has 0 aliphatic carbocycles. The highest BCUT2D eigenvalue weighted by molar-refractivity contribution is 7.99. The molecule has 0 aromatic rings. The molecule has 0 spiro atoms. The molecule has 0 amide bonds. The third-order valence-corrected chi connectivity index (χ3v) is 9.57. The highest BCUT2D eigenvalue weighted by Gasteiger charge is 2.32. The fourth-order valence-corrected chi connectivity index (χ4v) is 5.87. The summed E-state index contributed by atoms with van der Waals surface area (Å²) in [6.45, 7) is 18.3. The Bertz CT molecular complexity index is 733. The van der Waals surface area contributed by atoms with Gasteiger partial charge >= 0.3 is 17.9 Å². The van der Waals surface area contributed by atoms with Gasteiger partial charge in [0.05, 0.1) is 39.3 Å². The Morgan fingerprint density at radius 1 is 0.810 bits per heavy atom. The largest absolute Gasteiger partial charge is 0.465 e. The zero-order valence-corrected chi connectivity index (χ0v) is 29.1. The molecule has 4 atom stereocenters. The lowest BCUT2D eigenvalue weighted by Gasteiger charge is -2.34. The minimum Gasteiger partial charge on any atom is -0.465 e. The monoisotopic (exact) mass is 632 g/mol. The van der Waals surface area contributed by atoms with Crippen LogP contribution in [0.25, 0.3) is 0 Å². The van der Waals surface area contributed by atoms with E-state index in [9.17, 15) is 14.4 Å². The summed E-state index contributed by atoms with van der Waals surface area (Å²) in [4.78, 5) is 36.6. The smallest absolute Gasteiger partial charge is 0.330 e. The summed E-state index contributed by atoms with van der Waals surface area (Å²) in [6.07, 6.45) is 8.47. The molecule has 42 heavy (non-hydrogen) atoms. The second-order valence-corrected chi connectivity index (χ2v) is 14.0. The number of esters is 3. The average molecular weight is 633 g/mol. The Balaban J connectivity index is 5.47. The van der Waals surface area contributed by atoms with Crippen LogP contribution in [0.15, 0.2) is 12.7 Å². The van der Waals surface area contributed by atoms with E-state index in [0.29, 0.717) is 45.9 Å². The number of hydrogen-bond donors (Lipinski definition) is 0. The van der Waals surface area contributed by atoms with Gasteiger partial charge in [0.2, 0.25) is 0 Å². The molecule has 246 valence electrons. The summed E-state index contributed by atoms with van der Waals surface area (Å²) >= 11 is 3.47. The van der Waals surface area contributed by atoms with Crippen LogP contribution in [0.1, 0.15) is 99.3 Å². The van der Waals surface area contributed by atoms with Gasteiger partial charge < -0.3 is 18.9 Å². The van der Waals surface area contributed by atoms with Gasteiger partial charge in [0.1, 0.15) is 0 Å². The molecule has 4 unspecified atom stereocenters. The van der Waals surface area contributed by atoms with Crippen LogP contribution in [-0.2, 0) is 33.3 Å². The highest BCUT2D eigenvalue weighted by atomic mass is 32.2. The predicted octanol–water partition coefficient (Wildman–Crippen LogP) is 7.75. The maximum Gasteiger partial charge on any atom is 0.330 e. The molecule has 0 saturated carbocycles. The summed E-state index contributed by atoms with van der Waals surface area (Å²) in [6, 6.07) is 0. The fourth-order valence-electron chi connectivity index (χ4n) is 4.67. The molecule has 0 rings (SSSR count). The van der Waals surface area contributed by atoms with Gasteiger partial charge in [-0.1, -0.05) is 67.4 Å². The van der Waals surface area contributed by atoms with Crippen LogP contribution in [-0.4, -0.2) is 74.0 Å². The van der Waals surface area contributed by atoms with Crippen molar-refractivity contribution in [3.8, 4) is 0 Å². The summed E-state index contributed by atoms with van der Waals surface area (Å²) in [7, 11) is 0. The number of thioether (sulfide) groups is 2. The molecular formula is C33H60O7S2. The SMILES string of the molecule is C=CC(=O)OCC(CCCC)C(COCCC(C)(CC)COC(=O)CCSCC)C(CCC)COC(=O)CCSCC. The standard InChI is InChI=1S/C33H60O7S2/c1-8-14-16-28(24-38-30(34)10-3)29(27(15-9-2)23-39-31(35)17-21-41-12-5)25-37-20-19-33(7,11-4)26-40-32(36)18-22-42-13-6/h10,27-29H,3,8-9,11-26H2,1-2,4-7H3. The van der Waals surface area contributed by atoms with Crippen molar-refractivity contribution in [2.24, 2.45) is 23.2 Å². The lowest BCUT2D eigenvalue weighted by molar-refractivity contribution is -0.147. The third-order valence-electron chi connectivity index (χ3n) is 7.77. The van der Waals surface area contributed by atoms with Crippen molar-refractivity contribution in [1.82, 2.24) is 0 Å². The van der Waals surface area contributed by atoms with Crippen molar-refractivity contribution in [3.05, 3.63) is 12.7 Å².